The maximum absolute atomic E-state index is 6.22. The van der Waals surface area contributed by atoms with Gasteiger partial charge in [0.05, 0.1) is 27.0 Å². The zero-order valence-electron chi connectivity index (χ0n) is 11.3. The summed E-state index contributed by atoms with van der Waals surface area (Å²) in [5.74, 6) is 1.43. The van der Waals surface area contributed by atoms with Crippen LogP contribution in [0.15, 0.2) is 18.2 Å². The fraction of sp³-hybridized carbons (Fsp3) is 0.231. The van der Waals surface area contributed by atoms with Crippen LogP contribution in [-0.2, 0) is 0 Å². The predicted octanol–water partition coefficient (Wildman–Crippen LogP) is 2.40. The van der Waals surface area contributed by atoms with Crippen LogP contribution in [0.5, 0.6) is 17.4 Å². The van der Waals surface area contributed by atoms with Crippen LogP contribution < -0.4 is 19.9 Å². The quantitative estimate of drug-likeness (QED) is 0.933. The Bertz CT molecular complexity index is 634. The molecule has 0 radical (unpaired) electrons. The highest BCUT2D eigenvalue weighted by Crippen LogP contribution is 2.41. The van der Waals surface area contributed by atoms with E-state index in [1.165, 1.54) is 21.3 Å². The Balaban J connectivity index is 2.63. The van der Waals surface area contributed by atoms with E-state index in [1.807, 2.05) is 0 Å². The number of methoxy groups -OCH3 is 3. The lowest BCUT2D eigenvalue weighted by Crippen LogP contribution is -2.00. The first-order chi connectivity index (χ1) is 9.60. The molecule has 20 heavy (non-hydrogen) atoms. The number of benzene rings is 1. The van der Waals surface area contributed by atoms with Crippen molar-refractivity contribution >= 4 is 17.5 Å². The predicted molar refractivity (Wildman–Crippen MR) is 76.5 cm³/mol. The van der Waals surface area contributed by atoms with E-state index in [0.717, 1.165) is 0 Å². The third-order valence-electron chi connectivity index (χ3n) is 2.69. The van der Waals surface area contributed by atoms with Gasteiger partial charge in [-0.05, 0) is 12.1 Å². The summed E-state index contributed by atoms with van der Waals surface area (Å²) in [5, 5.41) is 0.364. The summed E-state index contributed by atoms with van der Waals surface area (Å²) in [6, 6.07) is 5.16. The maximum Gasteiger partial charge on any atom is 0.223 e. The second-order valence-corrected chi connectivity index (χ2v) is 4.19. The van der Waals surface area contributed by atoms with Crippen LogP contribution in [0, 0.1) is 0 Å². The molecule has 0 aliphatic rings. The zero-order valence-corrected chi connectivity index (χ0v) is 12.1. The standard InChI is InChI=1S/C13H14ClN3O3/c1-18-9-5-4-7(12(20-3)11(9)14)8-6-10(19-2)17-13(15)16-8/h4-6H,1-3H3,(H2,15,16,17). The second-order valence-electron chi connectivity index (χ2n) is 3.82. The first-order valence-electron chi connectivity index (χ1n) is 5.70. The summed E-state index contributed by atoms with van der Waals surface area (Å²) < 4.78 is 15.6. The molecule has 7 heteroatoms. The molecule has 2 rings (SSSR count). The van der Waals surface area contributed by atoms with E-state index in [-0.39, 0.29) is 5.95 Å². The Morgan fingerprint density at radius 2 is 1.80 bits per heavy atom. The number of aromatic nitrogens is 2. The van der Waals surface area contributed by atoms with Crippen molar-refractivity contribution in [2.45, 2.75) is 0 Å². The average Bonchev–Trinajstić information content (AvgIpc) is 2.46. The number of rotatable bonds is 4. The molecule has 0 amide bonds. The summed E-state index contributed by atoms with van der Waals surface area (Å²) in [4.78, 5) is 8.10. The number of halogens is 1. The van der Waals surface area contributed by atoms with E-state index in [9.17, 15) is 0 Å². The summed E-state index contributed by atoms with van der Waals surface area (Å²) in [7, 11) is 4.56. The minimum absolute atomic E-state index is 0.105. The van der Waals surface area contributed by atoms with Crippen LogP contribution in [-0.4, -0.2) is 31.3 Å². The van der Waals surface area contributed by atoms with Crippen LogP contribution in [0.2, 0.25) is 5.02 Å². The van der Waals surface area contributed by atoms with Gasteiger partial charge in [-0.3, -0.25) is 0 Å². The van der Waals surface area contributed by atoms with E-state index in [0.29, 0.717) is 33.7 Å². The summed E-state index contributed by atoms with van der Waals surface area (Å²) in [5.41, 5.74) is 6.88. The molecule has 0 atom stereocenters. The molecule has 0 unspecified atom stereocenters. The topological polar surface area (TPSA) is 79.5 Å². The van der Waals surface area contributed by atoms with Crippen LogP contribution in [0.25, 0.3) is 11.3 Å². The number of ether oxygens (including phenoxy) is 3. The van der Waals surface area contributed by atoms with Gasteiger partial charge in [0.25, 0.3) is 0 Å². The van der Waals surface area contributed by atoms with Gasteiger partial charge >= 0.3 is 0 Å². The van der Waals surface area contributed by atoms with Gasteiger partial charge in [0.2, 0.25) is 11.8 Å². The highest BCUT2D eigenvalue weighted by molar-refractivity contribution is 6.34. The van der Waals surface area contributed by atoms with Crippen molar-refractivity contribution in [3.63, 3.8) is 0 Å². The van der Waals surface area contributed by atoms with Crippen molar-refractivity contribution in [1.82, 2.24) is 9.97 Å². The van der Waals surface area contributed by atoms with Crippen molar-refractivity contribution in [3.8, 4) is 28.6 Å². The molecule has 6 nitrogen and oxygen atoms in total. The van der Waals surface area contributed by atoms with E-state index < -0.39 is 0 Å². The molecule has 0 aliphatic carbocycles. The van der Waals surface area contributed by atoms with Gasteiger partial charge in [-0.15, -0.1) is 0 Å². The normalized spacial score (nSPS) is 10.2. The average molecular weight is 296 g/mol. The number of hydrogen-bond acceptors (Lipinski definition) is 6. The summed E-state index contributed by atoms with van der Waals surface area (Å²) in [6.07, 6.45) is 0. The smallest absolute Gasteiger partial charge is 0.223 e. The number of anilines is 1. The van der Waals surface area contributed by atoms with Crippen LogP contribution in [0.1, 0.15) is 0 Å². The Hall–Kier alpha value is -2.21. The zero-order chi connectivity index (χ0) is 14.7. The van der Waals surface area contributed by atoms with Gasteiger partial charge in [0.1, 0.15) is 10.8 Å². The van der Waals surface area contributed by atoms with Crippen LogP contribution >= 0.6 is 11.6 Å². The number of nitrogens with zero attached hydrogens (tertiary/aromatic N) is 2. The highest BCUT2D eigenvalue weighted by atomic mass is 35.5. The van der Waals surface area contributed by atoms with Gasteiger partial charge in [-0.1, -0.05) is 11.6 Å². The van der Waals surface area contributed by atoms with Crippen molar-refractivity contribution in [2.24, 2.45) is 0 Å². The first kappa shape index (κ1) is 14.2. The monoisotopic (exact) mass is 295 g/mol. The van der Waals surface area contributed by atoms with Gasteiger partial charge < -0.3 is 19.9 Å². The van der Waals surface area contributed by atoms with E-state index in [1.54, 1.807) is 18.2 Å². The molecule has 1 aromatic heterocycles. The third kappa shape index (κ3) is 2.55. The molecule has 0 saturated heterocycles. The second kappa shape index (κ2) is 5.83. The minimum Gasteiger partial charge on any atom is -0.495 e. The summed E-state index contributed by atoms with van der Waals surface area (Å²) in [6.45, 7) is 0. The molecule has 1 aromatic carbocycles. The Kier molecular flexibility index (Phi) is 4.14. The Morgan fingerprint density at radius 1 is 1.05 bits per heavy atom. The van der Waals surface area contributed by atoms with Crippen LogP contribution in [0.4, 0.5) is 5.95 Å². The largest absolute Gasteiger partial charge is 0.495 e. The molecule has 0 aliphatic heterocycles. The maximum atomic E-state index is 6.22. The van der Waals surface area contributed by atoms with Crippen molar-refractivity contribution in [2.75, 3.05) is 27.1 Å². The molecule has 1 heterocycles. The fourth-order valence-electron chi connectivity index (χ4n) is 1.78. The van der Waals surface area contributed by atoms with Gasteiger partial charge in [0.15, 0.2) is 5.75 Å². The van der Waals surface area contributed by atoms with E-state index >= 15 is 0 Å². The van der Waals surface area contributed by atoms with Crippen LogP contribution in [0.3, 0.4) is 0 Å². The molecule has 106 valence electrons. The lowest BCUT2D eigenvalue weighted by molar-refractivity contribution is 0.395. The van der Waals surface area contributed by atoms with Gasteiger partial charge in [-0.25, -0.2) is 4.98 Å². The minimum atomic E-state index is 0.105. The number of nitrogen functional groups attached to an aromatic ring is 1. The molecule has 0 saturated carbocycles. The van der Waals surface area contributed by atoms with E-state index in [4.69, 9.17) is 31.5 Å². The lowest BCUT2D eigenvalue weighted by Gasteiger charge is -2.13. The number of nitrogens with two attached hydrogens (primary N) is 1. The van der Waals surface area contributed by atoms with Crippen molar-refractivity contribution in [1.29, 1.82) is 0 Å². The fourth-order valence-corrected chi connectivity index (χ4v) is 2.10. The molecule has 0 bridgehead atoms. The number of hydrogen-bond donors (Lipinski definition) is 1. The van der Waals surface area contributed by atoms with Gasteiger partial charge in [0, 0.05) is 11.6 Å². The Morgan fingerprint density at radius 3 is 2.40 bits per heavy atom. The third-order valence-corrected chi connectivity index (χ3v) is 3.05. The van der Waals surface area contributed by atoms with Gasteiger partial charge in [-0.2, -0.15) is 4.98 Å². The Labute approximate surface area is 121 Å². The molecular formula is C13H14ClN3O3. The molecule has 2 N–H and O–H groups in total. The molecular weight excluding hydrogens is 282 g/mol. The van der Waals surface area contributed by atoms with E-state index in [2.05, 4.69) is 9.97 Å². The molecule has 2 aromatic rings. The first-order valence-corrected chi connectivity index (χ1v) is 6.08. The lowest BCUT2D eigenvalue weighted by atomic mass is 10.1. The molecule has 0 spiro atoms. The summed E-state index contributed by atoms with van der Waals surface area (Å²) >= 11 is 6.22. The molecule has 0 fully saturated rings. The SMILES string of the molecule is COc1cc(-c2ccc(OC)c(Cl)c2OC)nc(N)n1. The highest BCUT2D eigenvalue weighted by Gasteiger charge is 2.16. The van der Waals surface area contributed by atoms with Crippen molar-refractivity contribution in [3.05, 3.63) is 23.2 Å². The van der Waals surface area contributed by atoms with Crippen molar-refractivity contribution < 1.29 is 14.2 Å².